The van der Waals surface area contributed by atoms with Crippen LogP contribution < -0.4 is 4.74 Å². The quantitative estimate of drug-likeness (QED) is 0.174. The molecule has 9 rings (SSSR count). The molecule has 4 heteroatoms. The second kappa shape index (κ2) is 12.0. The number of hydrogen-bond acceptors (Lipinski definition) is 3. The highest BCUT2D eigenvalue weighted by Crippen LogP contribution is 2.57. The molecule has 51 heavy (non-hydrogen) atoms. The maximum atomic E-state index is 7.49. The van der Waals surface area contributed by atoms with Crippen LogP contribution >= 0.6 is 0 Å². The maximum absolute atomic E-state index is 7.49. The van der Waals surface area contributed by atoms with Crippen LogP contribution in [0.5, 0.6) is 5.75 Å². The van der Waals surface area contributed by atoms with Gasteiger partial charge >= 0.3 is 0 Å². The number of hydrogen-bond donors (Lipinski definition) is 0. The number of rotatable bonds is 5. The average Bonchev–Trinajstić information content (AvgIpc) is 3.66. The maximum Gasteiger partial charge on any atom is 0.203 e. The summed E-state index contributed by atoms with van der Waals surface area (Å²) in [6.07, 6.45) is 17.9. The van der Waals surface area contributed by atoms with Crippen molar-refractivity contribution in [3.05, 3.63) is 162 Å². The zero-order valence-corrected chi connectivity index (χ0v) is 30.3. The number of ether oxygens (including phenoxy) is 1. The Kier molecular flexibility index (Phi) is 7.50. The van der Waals surface area contributed by atoms with Crippen LogP contribution in [0.2, 0.25) is 0 Å². The Morgan fingerprint density at radius 3 is 2.27 bits per heavy atom. The smallest absolute Gasteiger partial charge is 0.203 e. The number of para-hydroxylation sites is 1. The van der Waals surface area contributed by atoms with Crippen LogP contribution in [-0.4, -0.2) is 27.8 Å². The summed E-state index contributed by atoms with van der Waals surface area (Å²) in [7, 11) is 2.25. The summed E-state index contributed by atoms with van der Waals surface area (Å²) in [5, 5.41) is 2.38. The van der Waals surface area contributed by atoms with Crippen LogP contribution in [0.4, 0.5) is 0 Å². The van der Waals surface area contributed by atoms with E-state index in [-0.39, 0.29) is 23.5 Å². The minimum atomic E-state index is -0.475. The monoisotopic (exact) mass is 669 g/mol. The molecule has 4 aromatic carbocycles. The van der Waals surface area contributed by atoms with Gasteiger partial charge in [0.25, 0.3) is 0 Å². The molecule has 0 bridgehead atoms. The molecule has 0 saturated heterocycles. The van der Waals surface area contributed by atoms with E-state index in [4.69, 9.17) is 9.73 Å². The number of aromatic nitrogens is 1. The zero-order chi connectivity index (χ0) is 34.9. The number of fused-ring (bicyclic) bond motifs is 5. The van der Waals surface area contributed by atoms with Gasteiger partial charge in [0.05, 0.1) is 28.0 Å². The molecule has 5 aromatic rings. The van der Waals surface area contributed by atoms with Crippen LogP contribution in [0.25, 0.3) is 21.8 Å². The third-order valence-electron chi connectivity index (χ3n) is 12.7. The lowest BCUT2D eigenvalue weighted by molar-refractivity contribution is 0.0403. The number of allylic oxidation sites excluding steroid dienone is 7. The summed E-state index contributed by atoms with van der Waals surface area (Å²) in [4.78, 5) is 8.04. The highest BCUT2D eigenvalue weighted by molar-refractivity contribution is 6.13. The Bertz CT molecular complexity index is 2290. The van der Waals surface area contributed by atoms with Crippen LogP contribution in [0.15, 0.2) is 150 Å². The van der Waals surface area contributed by atoms with Crippen molar-refractivity contribution in [1.29, 1.82) is 0 Å². The van der Waals surface area contributed by atoms with Gasteiger partial charge in [0, 0.05) is 35.0 Å². The van der Waals surface area contributed by atoms with Gasteiger partial charge in [0.15, 0.2) is 0 Å². The van der Waals surface area contributed by atoms with Gasteiger partial charge < -0.3 is 14.2 Å². The lowest BCUT2D eigenvalue weighted by atomic mass is 9.68. The number of nitrogens with zero attached hydrogens (tertiary/aromatic N) is 3. The van der Waals surface area contributed by atoms with E-state index in [0.29, 0.717) is 11.8 Å². The third-order valence-corrected chi connectivity index (χ3v) is 12.7. The molecule has 2 aliphatic carbocycles. The molecule has 2 aliphatic heterocycles. The fourth-order valence-electron chi connectivity index (χ4n) is 9.71. The fraction of sp³-hybridized carbons (Fsp3) is 0.298. The Labute approximate surface area is 302 Å². The van der Waals surface area contributed by atoms with Gasteiger partial charge in [0.1, 0.15) is 11.4 Å². The Balaban J connectivity index is 1.27. The molecule has 0 radical (unpaired) electrons. The van der Waals surface area contributed by atoms with Crippen molar-refractivity contribution < 1.29 is 4.74 Å². The number of aliphatic imine (C=N–C) groups is 1. The first-order valence-corrected chi connectivity index (χ1v) is 18.7. The molecule has 4 aliphatic rings. The van der Waals surface area contributed by atoms with Gasteiger partial charge in [-0.2, -0.15) is 0 Å². The van der Waals surface area contributed by atoms with Gasteiger partial charge in [-0.05, 0) is 60.9 Å². The number of benzene rings is 4. The zero-order valence-electron chi connectivity index (χ0n) is 30.3. The minimum absolute atomic E-state index is 0.0236. The first-order chi connectivity index (χ1) is 24.8. The van der Waals surface area contributed by atoms with Crippen LogP contribution in [-0.2, 0) is 0 Å². The predicted molar refractivity (Wildman–Crippen MR) is 211 cm³/mol. The summed E-state index contributed by atoms with van der Waals surface area (Å²) in [6, 6.07) is 35.2. The van der Waals surface area contributed by atoms with E-state index in [9.17, 15) is 0 Å². The molecular weight excluding hydrogens is 623 g/mol. The predicted octanol–water partition coefficient (Wildman–Crippen LogP) is 11.2. The van der Waals surface area contributed by atoms with E-state index in [2.05, 4.69) is 184 Å². The van der Waals surface area contributed by atoms with Crippen LogP contribution in [0.1, 0.15) is 69.4 Å². The molecule has 0 saturated carbocycles. The summed E-state index contributed by atoms with van der Waals surface area (Å²) in [5.74, 6) is 2.15. The lowest BCUT2D eigenvalue weighted by Gasteiger charge is -2.46. The van der Waals surface area contributed by atoms with E-state index in [1.807, 2.05) is 0 Å². The highest BCUT2D eigenvalue weighted by Gasteiger charge is 2.52. The van der Waals surface area contributed by atoms with Gasteiger partial charge in [-0.1, -0.05) is 142 Å². The summed E-state index contributed by atoms with van der Waals surface area (Å²) < 4.78 is 9.96. The Morgan fingerprint density at radius 1 is 0.784 bits per heavy atom. The lowest BCUT2D eigenvalue weighted by Crippen LogP contribution is -2.45. The Hall–Kier alpha value is -5.09. The SMILES string of the molecule is CC1C=CC=CC1C1(C)Oc2c(ccc3c2c2ccccc2n3C2N=C(c3ccccc3)C=C(C3(C)CC=CCC3C)N2C)C1c1ccccc1. The van der Waals surface area contributed by atoms with E-state index >= 15 is 0 Å². The van der Waals surface area contributed by atoms with Gasteiger partial charge in [0.2, 0.25) is 6.29 Å². The van der Waals surface area contributed by atoms with Gasteiger partial charge in [-0.3, -0.25) is 0 Å². The van der Waals surface area contributed by atoms with E-state index in [1.54, 1.807) is 0 Å². The molecular formula is C47H47N3O. The van der Waals surface area contributed by atoms with Gasteiger partial charge in [-0.25, -0.2) is 4.99 Å². The molecule has 0 fully saturated rings. The second-order valence-corrected chi connectivity index (χ2v) is 15.6. The van der Waals surface area contributed by atoms with Crippen molar-refractivity contribution in [1.82, 2.24) is 9.47 Å². The van der Waals surface area contributed by atoms with E-state index < -0.39 is 5.60 Å². The van der Waals surface area contributed by atoms with E-state index in [1.165, 1.54) is 33.1 Å². The first kappa shape index (κ1) is 31.9. The summed E-state index contributed by atoms with van der Waals surface area (Å²) in [5.41, 5.74) is 7.88. The van der Waals surface area contributed by atoms with Crippen molar-refractivity contribution in [3.63, 3.8) is 0 Å². The second-order valence-electron chi connectivity index (χ2n) is 15.6. The molecule has 3 heterocycles. The van der Waals surface area contributed by atoms with Crippen molar-refractivity contribution in [3.8, 4) is 5.75 Å². The van der Waals surface area contributed by atoms with Gasteiger partial charge in [-0.15, -0.1) is 0 Å². The van der Waals surface area contributed by atoms with Crippen LogP contribution in [0, 0.1) is 23.2 Å². The normalized spacial score (nSPS) is 30.0. The molecule has 7 atom stereocenters. The summed E-state index contributed by atoms with van der Waals surface area (Å²) >= 11 is 0. The molecule has 7 unspecified atom stereocenters. The summed E-state index contributed by atoms with van der Waals surface area (Å²) in [6.45, 7) is 9.51. The van der Waals surface area contributed by atoms with Crippen molar-refractivity contribution in [2.45, 2.75) is 58.3 Å². The topological polar surface area (TPSA) is 29.8 Å². The third kappa shape index (κ3) is 4.83. The minimum Gasteiger partial charge on any atom is -0.485 e. The average molecular weight is 670 g/mol. The standard InChI is InChI=1S/C47H47N3O/c1-31-18-12-14-25-37(31)47(4)43(34-22-10-7-11-23-34)36-27-28-40-42(44(36)51-47)35-24-13-15-26-39(35)50(40)45-48-38(33-20-8-6-9-21-33)30-41(49(45)5)46(3)29-17-16-19-32(46)2/h6-18,20-28,30-32,37,43,45H,19,29H2,1-5H3. The molecule has 0 amide bonds. The molecule has 0 N–H and O–H groups in total. The fourth-order valence-corrected chi connectivity index (χ4v) is 9.71. The van der Waals surface area contributed by atoms with Crippen molar-refractivity contribution in [2.24, 2.45) is 28.2 Å². The van der Waals surface area contributed by atoms with Crippen LogP contribution in [0.3, 0.4) is 0 Å². The molecule has 256 valence electrons. The molecule has 1 aromatic heterocycles. The largest absolute Gasteiger partial charge is 0.485 e. The first-order valence-electron chi connectivity index (χ1n) is 18.7. The molecule has 0 spiro atoms. The molecule has 4 nitrogen and oxygen atoms in total. The van der Waals surface area contributed by atoms with E-state index in [0.717, 1.165) is 35.4 Å². The van der Waals surface area contributed by atoms with Crippen molar-refractivity contribution >= 4 is 27.5 Å². The highest BCUT2D eigenvalue weighted by atomic mass is 16.5. The Morgan fingerprint density at radius 2 is 1.51 bits per heavy atom. The van der Waals surface area contributed by atoms with Crippen molar-refractivity contribution in [2.75, 3.05) is 7.05 Å².